The summed E-state index contributed by atoms with van der Waals surface area (Å²) in [6.07, 6.45) is 1.63. The minimum absolute atomic E-state index is 0.563. The van der Waals surface area contributed by atoms with E-state index < -0.39 is 0 Å². The van der Waals surface area contributed by atoms with E-state index in [0.29, 0.717) is 12.1 Å². The van der Waals surface area contributed by atoms with Gasteiger partial charge in [0, 0.05) is 30.7 Å². The smallest absolute Gasteiger partial charge is 0.138 e. The molecule has 0 aliphatic heterocycles. The number of hydrogen-bond acceptors (Lipinski definition) is 5. The molecule has 0 spiro atoms. The molecule has 22 heavy (non-hydrogen) atoms. The molecule has 0 amide bonds. The summed E-state index contributed by atoms with van der Waals surface area (Å²) in [5, 5.41) is 14.4. The van der Waals surface area contributed by atoms with Gasteiger partial charge >= 0.3 is 0 Å². The number of anilines is 1. The molecule has 5 nitrogen and oxygen atoms in total. The van der Waals surface area contributed by atoms with Crippen molar-refractivity contribution in [2.24, 2.45) is 0 Å². The summed E-state index contributed by atoms with van der Waals surface area (Å²) in [6.45, 7) is 4.46. The van der Waals surface area contributed by atoms with Crippen LogP contribution in [0.4, 0.5) is 5.69 Å². The lowest BCUT2D eigenvalue weighted by atomic mass is 10.1. The van der Waals surface area contributed by atoms with Crippen molar-refractivity contribution in [3.63, 3.8) is 0 Å². The second-order valence-corrected chi connectivity index (χ2v) is 5.31. The van der Waals surface area contributed by atoms with Gasteiger partial charge in [-0.25, -0.2) is 0 Å². The molecule has 0 radical (unpaired) electrons. The van der Waals surface area contributed by atoms with Gasteiger partial charge in [0.05, 0.1) is 22.5 Å². The molecule has 0 bridgehead atoms. The Hall–Kier alpha value is -2.87. The number of aromatic nitrogens is 2. The van der Waals surface area contributed by atoms with E-state index in [1.165, 1.54) is 0 Å². The lowest BCUT2D eigenvalue weighted by molar-refractivity contribution is 0.392. The minimum atomic E-state index is 0.563. The first-order chi connectivity index (χ1) is 10.6. The number of rotatable bonds is 3. The molecule has 110 valence electrons. The van der Waals surface area contributed by atoms with Gasteiger partial charge in [-0.05, 0) is 19.9 Å². The van der Waals surface area contributed by atoms with Crippen molar-refractivity contribution in [3.8, 4) is 6.07 Å². The third-order valence-corrected chi connectivity index (χ3v) is 3.83. The highest BCUT2D eigenvalue weighted by molar-refractivity contribution is 5.94. The highest BCUT2D eigenvalue weighted by Crippen LogP contribution is 2.30. The minimum Gasteiger partial charge on any atom is -0.368 e. The van der Waals surface area contributed by atoms with Crippen molar-refractivity contribution in [2.75, 3.05) is 11.9 Å². The Morgan fingerprint density at radius 1 is 1.27 bits per heavy atom. The van der Waals surface area contributed by atoms with Gasteiger partial charge in [0.2, 0.25) is 0 Å². The molecule has 3 aromatic rings. The number of fused-ring (bicyclic) bond motifs is 1. The number of aryl methyl sites for hydroxylation is 2. The Bertz CT molecular complexity index is 856. The lowest BCUT2D eigenvalue weighted by Gasteiger charge is -2.22. The topological polar surface area (TPSA) is 66.0 Å². The molecular weight excluding hydrogens is 276 g/mol. The summed E-state index contributed by atoms with van der Waals surface area (Å²) in [6, 6.07) is 10.1. The van der Waals surface area contributed by atoms with Crippen LogP contribution in [-0.2, 0) is 6.54 Å². The number of benzene rings is 1. The SMILES string of the molecule is Cc1noc(C)c1CN(C)c1c(C#N)cnc2ccccc12. The number of pyridine rings is 1. The summed E-state index contributed by atoms with van der Waals surface area (Å²) < 4.78 is 5.22. The lowest BCUT2D eigenvalue weighted by Crippen LogP contribution is -2.19. The van der Waals surface area contributed by atoms with Crippen molar-refractivity contribution >= 4 is 16.6 Å². The fraction of sp³-hybridized carbons (Fsp3) is 0.235. The zero-order chi connectivity index (χ0) is 15.7. The molecule has 0 atom stereocenters. The molecule has 5 heteroatoms. The van der Waals surface area contributed by atoms with Gasteiger partial charge in [-0.15, -0.1) is 0 Å². The van der Waals surface area contributed by atoms with Gasteiger partial charge in [0.25, 0.3) is 0 Å². The van der Waals surface area contributed by atoms with Gasteiger partial charge in [-0.1, -0.05) is 23.4 Å². The van der Waals surface area contributed by atoms with E-state index in [4.69, 9.17) is 4.52 Å². The first-order valence-corrected chi connectivity index (χ1v) is 7.02. The highest BCUT2D eigenvalue weighted by atomic mass is 16.5. The zero-order valence-electron chi connectivity index (χ0n) is 12.8. The molecule has 0 saturated heterocycles. The van der Waals surface area contributed by atoms with Gasteiger partial charge in [0.1, 0.15) is 11.8 Å². The Balaban J connectivity index is 2.10. The molecule has 0 aliphatic carbocycles. The predicted octanol–water partition coefficient (Wildman–Crippen LogP) is 3.35. The van der Waals surface area contributed by atoms with Crippen LogP contribution in [0.3, 0.4) is 0 Å². The molecule has 2 aromatic heterocycles. The third kappa shape index (κ3) is 2.29. The largest absolute Gasteiger partial charge is 0.368 e. The van der Waals surface area contributed by atoms with Crippen molar-refractivity contribution in [1.29, 1.82) is 5.26 Å². The van der Waals surface area contributed by atoms with E-state index in [-0.39, 0.29) is 0 Å². The Morgan fingerprint density at radius 3 is 2.73 bits per heavy atom. The molecule has 0 fully saturated rings. The van der Waals surface area contributed by atoms with E-state index in [9.17, 15) is 5.26 Å². The molecule has 3 rings (SSSR count). The molecular formula is C17H16N4O. The van der Waals surface area contributed by atoms with Crippen molar-refractivity contribution < 1.29 is 4.52 Å². The number of para-hydroxylation sites is 1. The molecule has 1 aromatic carbocycles. The maximum atomic E-state index is 9.41. The van der Waals surface area contributed by atoms with Crippen LogP contribution in [0, 0.1) is 25.2 Å². The second-order valence-electron chi connectivity index (χ2n) is 5.31. The van der Waals surface area contributed by atoms with Gasteiger partial charge in [-0.2, -0.15) is 5.26 Å². The molecule has 0 unspecified atom stereocenters. The maximum absolute atomic E-state index is 9.41. The molecule has 0 N–H and O–H groups in total. The van der Waals surface area contributed by atoms with Crippen LogP contribution in [0.1, 0.15) is 22.6 Å². The van der Waals surface area contributed by atoms with E-state index in [1.807, 2.05) is 45.2 Å². The average Bonchev–Trinajstić information content (AvgIpc) is 2.85. The summed E-state index contributed by atoms with van der Waals surface area (Å²) in [5.41, 5.74) is 4.25. The van der Waals surface area contributed by atoms with Crippen LogP contribution in [0.25, 0.3) is 10.9 Å². The normalized spacial score (nSPS) is 10.6. The highest BCUT2D eigenvalue weighted by Gasteiger charge is 2.17. The molecule has 0 saturated carbocycles. The van der Waals surface area contributed by atoms with E-state index >= 15 is 0 Å². The van der Waals surface area contributed by atoms with E-state index in [0.717, 1.165) is 33.6 Å². The number of nitriles is 1. The fourth-order valence-electron chi connectivity index (χ4n) is 2.66. The second kappa shape index (κ2) is 5.49. The third-order valence-electron chi connectivity index (χ3n) is 3.83. The Kier molecular flexibility index (Phi) is 3.51. The van der Waals surface area contributed by atoms with Gasteiger partial charge in [-0.3, -0.25) is 4.98 Å². The standard InChI is InChI=1S/C17H16N4O/c1-11-15(12(2)22-20-11)10-21(3)17-13(8-18)9-19-16-7-5-4-6-14(16)17/h4-7,9H,10H2,1-3H3. The fourth-order valence-corrected chi connectivity index (χ4v) is 2.66. The first kappa shape index (κ1) is 14.1. The monoisotopic (exact) mass is 292 g/mol. The van der Waals surface area contributed by atoms with Crippen LogP contribution < -0.4 is 4.90 Å². The molecule has 2 heterocycles. The predicted molar refractivity (Wildman–Crippen MR) is 84.5 cm³/mol. The quantitative estimate of drug-likeness (QED) is 0.740. The van der Waals surface area contributed by atoms with Crippen LogP contribution in [0.5, 0.6) is 0 Å². The number of nitrogens with zero attached hydrogens (tertiary/aromatic N) is 4. The summed E-state index contributed by atoms with van der Waals surface area (Å²) in [5.74, 6) is 0.807. The Labute approximate surface area is 128 Å². The van der Waals surface area contributed by atoms with Crippen molar-refractivity contribution in [2.45, 2.75) is 20.4 Å². The van der Waals surface area contributed by atoms with E-state index in [1.54, 1.807) is 6.20 Å². The zero-order valence-corrected chi connectivity index (χ0v) is 12.8. The van der Waals surface area contributed by atoms with Crippen LogP contribution >= 0.6 is 0 Å². The summed E-state index contributed by atoms with van der Waals surface area (Å²) in [4.78, 5) is 6.40. The van der Waals surface area contributed by atoms with Gasteiger partial charge < -0.3 is 9.42 Å². The van der Waals surface area contributed by atoms with Crippen LogP contribution in [-0.4, -0.2) is 17.2 Å². The summed E-state index contributed by atoms with van der Waals surface area (Å²) >= 11 is 0. The Morgan fingerprint density at radius 2 is 2.05 bits per heavy atom. The van der Waals surface area contributed by atoms with Crippen molar-refractivity contribution in [1.82, 2.24) is 10.1 Å². The molecule has 0 aliphatic rings. The number of hydrogen-bond donors (Lipinski definition) is 0. The van der Waals surface area contributed by atoms with Gasteiger partial charge in [0.15, 0.2) is 0 Å². The van der Waals surface area contributed by atoms with Crippen LogP contribution in [0.2, 0.25) is 0 Å². The maximum Gasteiger partial charge on any atom is 0.138 e. The average molecular weight is 292 g/mol. The first-order valence-electron chi connectivity index (χ1n) is 7.02. The van der Waals surface area contributed by atoms with Crippen molar-refractivity contribution in [3.05, 3.63) is 53.0 Å². The van der Waals surface area contributed by atoms with E-state index in [2.05, 4.69) is 21.1 Å². The summed E-state index contributed by atoms with van der Waals surface area (Å²) in [7, 11) is 1.97. The van der Waals surface area contributed by atoms with Crippen LogP contribution in [0.15, 0.2) is 35.0 Å².